The number of anilines is 12. The standard InChI is InChI=1S/C57H42N2OSSi.C54H34N2O2/c1-62(2,3)42-29-25-39(26-30-42)58(37-15-6-4-7-16-37)41-27-31-45-51-35-48-43-19-10-11-20-44(43)52(36-49(48)47-22-14-23-53(57(47)51)60-54(45)34-41)59(38-17-8-5-9-18-38)40-28-32-56-50(33-40)46-21-12-13-24-55(46)61-56;1-4-16-35(17-5-1)55(36-18-6-2-7-19-36)49-34-46-43-25-15-29-51-53(43)47(33-45(46)39-22-10-11-23-40(39)49)42-31-30-38(32-52(42)57-51)56(37-20-8-3-9-21-37)48-27-14-26-44-41-24-12-13-28-50(41)58-54(44)48/h4-36H,1-3H3;1-34H. The Hall–Kier alpha value is -15.0. The lowest BCUT2D eigenvalue weighted by molar-refractivity contribution is 0.487. The van der Waals surface area contributed by atoms with E-state index in [1.807, 2.05) is 23.5 Å². The molecule has 0 fully saturated rings. The van der Waals surface area contributed by atoms with Crippen molar-refractivity contribution in [2.45, 2.75) is 19.6 Å². The van der Waals surface area contributed by atoms with Crippen LogP contribution in [0.1, 0.15) is 0 Å². The lowest BCUT2D eigenvalue weighted by Crippen LogP contribution is -2.37. The van der Waals surface area contributed by atoms with E-state index in [-0.39, 0.29) is 0 Å². The van der Waals surface area contributed by atoms with Crippen molar-refractivity contribution in [2.24, 2.45) is 0 Å². The molecule has 20 aromatic carbocycles. The van der Waals surface area contributed by atoms with Gasteiger partial charge in [0, 0.05) is 121 Å². The monoisotopic (exact) mass is 1570 g/mol. The van der Waals surface area contributed by atoms with E-state index < -0.39 is 8.07 Å². The van der Waals surface area contributed by atoms with E-state index in [2.05, 4.69) is 434 Å². The molecule has 0 saturated heterocycles. The van der Waals surface area contributed by atoms with Crippen LogP contribution in [0.25, 0.3) is 129 Å². The molecule has 568 valence electrons. The van der Waals surface area contributed by atoms with Crippen molar-refractivity contribution < 1.29 is 13.9 Å². The Morgan fingerprint density at radius 3 is 1.10 bits per heavy atom. The van der Waals surface area contributed by atoms with Gasteiger partial charge in [0.05, 0.1) is 30.8 Å². The molecule has 0 radical (unpaired) electrons. The molecule has 0 bridgehead atoms. The van der Waals surface area contributed by atoms with Crippen LogP contribution < -0.4 is 34.3 Å². The van der Waals surface area contributed by atoms with Crippen LogP contribution in [0.5, 0.6) is 23.0 Å². The molecular weight excluding hydrogens is 1500 g/mol. The predicted octanol–water partition coefficient (Wildman–Crippen LogP) is 32.5. The zero-order valence-corrected chi connectivity index (χ0v) is 67.9. The molecule has 0 unspecified atom stereocenters. The lowest BCUT2D eigenvalue weighted by atomic mass is 9.88. The number of hydrogen-bond acceptors (Lipinski definition) is 8. The van der Waals surface area contributed by atoms with Gasteiger partial charge in [0.2, 0.25) is 0 Å². The predicted molar refractivity (Wildman–Crippen MR) is 511 cm³/mol. The van der Waals surface area contributed by atoms with E-state index >= 15 is 0 Å². The van der Waals surface area contributed by atoms with Crippen LogP contribution in [0.2, 0.25) is 19.6 Å². The number of thiophene rings is 1. The van der Waals surface area contributed by atoms with Gasteiger partial charge in [-0.05, 0) is 224 Å². The maximum absolute atomic E-state index is 6.97. The number of ether oxygens (including phenoxy) is 2. The minimum absolute atomic E-state index is 0.815. The molecule has 2 aromatic heterocycles. The highest BCUT2D eigenvalue weighted by Crippen LogP contribution is 2.57. The summed E-state index contributed by atoms with van der Waals surface area (Å²) >= 11 is 1.85. The van der Waals surface area contributed by atoms with Crippen LogP contribution in [-0.4, -0.2) is 8.07 Å². The molecule has 0 atom stereocenters. The second kappa shape index (κ2) is 28.4. The molecule has 4 heterocycles. The minimum atomic E-state index is -1.46. The molecule has 22 aromatic rings. The molecule has 0 N–H and O–H groups in total. The van der Waals surface area contributed by atoms with Gasteiger partial charge in [-0.25, -0.2) is 0 Å². The van der Waals surface area contributed by atoms with Crippen molar-refractivity contribution in [3.63, 3.8) is 0 Å². The van der Waals surface area contributed by atoms with Gasteiger partial charge >= 0.3 is 0 Å². The third kappa shape index (κ3) is 11.7. The Kier molecular flexibility index (Phi) is 16.7. The molecular formula is C111H76N4O3SSi. The number of para-hydroxylation sites is 7. The largest absolute Gasteiger partial charge is 0.456 e. The third-order valence-electron chi connectivity index (χ3n) is 24.1. The fourth-order valence-electron chi connectivity index (χ4n) is 18.6. The summed E-state index contributed by atoms with van der Waals surface area (Å²) < 4.78 is 23.1. The SMILES string of the molecule is C[Si](C)(C)c1ccc(N(c2ccccc2)c2ccc3c(c2)Oc2cccc4c2c-3cc2c3ccccc3c(N(c3ccccc3)c3ccc5sc6ccccc6c5c3)cc42)cc1.c1ccc(N(c2ccccc2)c2cc3c4cccc5c4c(cc3c3ccccc23)-c2ccc(N(c3ccccc3)c3cccc4c3oc3ccccc34)cc2O5)cc1. The average Bonchev–Trinajstić information content (AvgIpc) is 0.911. The molecule has 24 rings (SSSR count). The zero-order chi connectivity index (χ0) is 79.7. The van der Waals surface area contributed by atoms with Crippen LogP contribution in [-0.2, 0) is 0 Å². The van der Waals surface area contributed by atoms with Crippen molar-refractivity contribution in [3.8, 4) is 45.3 Å². The summed E-state index contributed by atoms with van der Waals surface area (Å²) in [6, 6.07) is 146. The van der Waals surface area contributed by atoms with E-state index in [4.69, 9.17) is 13.9 Å². The highest BCUT2D eigenvalue weighted by Gasteiger charge is 2.31. The Bertz CT molecular complexity index is 7810. The van der Waals surface area contributed by atoms with Crippen LogP contribution in [0, 0.1) is 0 Å². The lowest BCUT2D eigenvalue weighted by Gasteiger charge is -2.29. The van der Waals surface area contributed by atoms with Crippen molar-refractivity contribution in [2.75, 3.05) is 19.6 Å². The molecule has 120 heavy (non-hydrogen) atoms. The Morgan fingerprint density at radius 1 is 0.217 bits per heavy atom. The molecule has 0 spiro atoms. The summed E-state index contributed by atoms with van der Waals surface area (Å²) in [5.41, 5.74) is 19.2. The van der Waals surface area contributed by atoms with E-state index in [0.717, 1.165) is 146 Å². The topological polar surface area (TPSA) is 44.6 Å². The van der Waals surface area contributed by atoms with Gasteiger partial charge in [0.1, 0.15) is 28.6 Å². The van der Waals surface area contributed by atoms with Crippen molar-refractivity contribution in [1.82, 2.24) is 0 Å². The first-order chi connectivity index (χ1) is 59.2. The number of nitrogens with zero attached hydrogens (tertiary/aromatic N) is 4. The van der Waals surface area contributed by atoms with Crippen LogP contribution in [0.3, 0.4) is 0 Å². The molecule has 7 nitrogen and oxygen atoms in total. The quantitative estimate of drug-likeness (QED) is 0.0842. The van der Waals surface area contributed by atoms with Gasteiger partial charge in [-0.2, -0.15) is 0 Å². The van der Waals surface area contributed by atoms with Gasteiger partial charge in [0.15, 0.2) is 5.58 Å². The summed E-state index contributed by atoms with van der Waals surface area (Å²) in [4.78, 5) is 9.41. The third-order valence-corrected chi connectivity index (χ3v) is 27.4. The summed E-state index contributed by atoms with van der Waals surface area (Å²) in [6.45, 7) is 7.19. The van der Waals surface area contributed by atoms with Gasteiger partial charge in [-0.3, -0.25) is 0 Å². The second-order valence-electron chi connectivity index (χ2n) is 32.2. The molecule has 2 aliphatic rings. The van der Waals surface area contributed by atoms with Crippen LogP contribution in [0.15, 0.2) is 411 Å². The number of hydrogen-bond donors (Lipinski definition) is 0. The number of furan rings is 1. The average molecular weight is 1570 g/mol. The Morgan fingerprint density at radius 2 is 0.583 bits per heavy atom. The summed E-state index contributed by atoms with van der Waals surface area (Å²) in [7, 11) is -1.46. The second-order valence-corrected chi connectivity index (χ2v) is 38.4. The van der Waals surface area contributed by atoms with Gasteiger partial charge < -0.3 is 33.5 Å². The van der Waals surface area contributed by atoms with Crippen molar-refractivity contribution in [3.05, 3.63) is 406 Å². The number of rotatable bonds is 13. The van der Waals surface area contributed by atoms with Crippen molar-refractivity contribution in [1.29, 1.82) is 0 Å². The van der Waals surface area contributed by atoms with Gasteiger partial charge in [-0.1, -0.05) is 249 Å². The highest BCUT2D eigenvalue weighted by atomic mass is 32.1. The van der Waals surface area contributed by atoms with Gasteiger partial charge in [0.25, 0.3) is 0 Å². The number of fused-ring (bicyclic) bond motifs is 18. The smallest absolute Gasteiger partial charge is 0.159 e. The van der Waals surface area contributed by atoms with E-state index in [9.17, 15) is 0 Å². The normalized spacial score (nSPS) is 12.1. The Labute approximate surface area is 699 Å². The van der Waals surface area contributed by atoms with E-state index in [1.54, 1.807) is 0 Å². The molecule has 2 aliphatic heterocycles. The summed E-state index contributed by atoms with van der Waals surface area (Å²) in [5.74, 6) is 3.39. The van der Waals surface area contributed by atoms with E-state index in [0.29, 0.717) is 0 Å². The van der Waals surface area contributed by atoms with E-state index in [1.165, 1.54) is 79.4 Å². The fraction of sp³-hybridized carbons (Fsp3) is 0.0270. The first-order valence-electron chi connectivity index (χ1n) is 41.0. The molecule has 0 amide bonds. The van der Waals surface area contributed by atoms with Crippen molar-refractivity contribution >= 4 is 200 Å². The Balaban J connectivity index is 0.000000140. The summed E-state index contributed by atoms with van der Waals surface area (Å²) in [6.07, 6.45) is 0. The number of benzene rings is 20. The highest BCUT2D eigenvalue weighted by molar-refractivity contribution is 7.25. The first-order valence-corrected chi connectivity index (χ1v) is 45.3. The molecule has 0 aliphatic carbocycles. The van der Waals surface area contributed by atoms with Crippen LogP contribution in [0.4, 0.5) is 68.2 Å². The van der Waals surface area contributed by atoms with Crippen LogP contribution >= 0.6 is 11.3 Å². The fourth-order valence-corrected chi connectivity index (χ4v) is 20.9. The molecule has 0 saturated carbocycles. The maximum Gasteiger partial charge on any atom is 0.159 e. The van der Waals surface area contributed by atoms with Gasteiger partial charge in [-0.15, -0.1) is 11.3 Å². The molecule has 9 heteroatoms. The first kappa shape index (κ1) is 70.4. The zero-order valence-electron chi connectivity index (χ0n) is 66.1. The summed E-state index contributed by atoms with van der Waals surface area (Å²) in [5, 5.41) is 20.4. The minimum Gasteiger partial charge on any atom is -0.456 e. The maximum atomic E-state index is 6.97.